The van der Waals surface area contributed by atoms with Crippen molar-refractivity contribution in [2.24, 2.45) is 11.3 Å². The molecule has 68 heavy (non-hydrogen) atoms. The molecule has 19 heteroatoms. The first kappa shape index (κ1) is 43.9. The number of ketones is 1. The van der Waals surface area contributed by atoms with E-state index in [1.165, 1.54) is 22.3 Å². The molecule has 3 atom stereocenters. The van der Waals surface area contributed by atoms with Crippen LogP contribution >= 0.6 is 11.3 Å². The van der Waals surface area contributed by atoms with Gasteiger partial charge in [-0.1, -0.05) is 12.1 Å². The highest BCUT2D eigenvalue weighted by molar-refractivity contribution is 7.13. The standard InChI is InChI=1S/C49H48F3N9O6S/c50-34-17-28(16-32-31(34)20-33(44(32)64)41(46(66)57-47-53-11-15-68-47)42-38-2-1-12-59(38)26-54-42)27-3-5-30(6-4-27)60-22-48(23-60)24-61(25-48)40(63)21-49(67)9-13-58(14-10-49)43-35(51)18-29(19-36(43)52)55-37-7-8-39(62)56-45(37)65/h3-6,11,15-19,26,33,37,41,55,67H,1-2,7-10,12-14,20-25H2,(H,53,57,66)(H,56,62,65)/t33?,37-,41?/m0/s1. The van der Waals surface area contributed by atoms with Gasteiger partial charge >= 0.3 is 0 Å². The molecule has 6 aliphatic rings. The van der Waals surface area contributed by atoms with E-state index in [2.05, 4.69) is 30.8 Å². The van der Waals surface area contributed by atoms with Crippen molar-refractivity contribution < 1.29 is 42.3 Å². The predicted molar refractivity (Wildman–Crippen MR) is 246 cm³/mol. The molecule has 4 amide bonds. The summed E-state index contributed by atoms with van der Waals surface area (Å²) in [5.41, 5.74) is 2.79. The molecule has 11 rings (SSSR count). The summed E-state index contributed by atoms with van der Waals surface area (Å²) in [5, 5.41) is 21.5. The number of hydrogen-bond donors (Lipinski definition) is 4. The van der Waals surface area contributed by atoms with E-state index in [0.29, 0.717) is 35.0 Å². The number of aryl methyl sites for hydroxylation is 1. The average Bonchev–Trinajstić information content (AvgIpc) is 4.10. The molecule has 352 valence electrons. The zero-order chi connectivity index (χ0) is 47.1. The fourth-order valence-corrected chi connectivity index (χ4v) is 11.7. The second kappa shape index (κ2) is 16.9. The van der Waals surface area contributed by atoms with Gasteiger partial charge in [-0.2, -0.15) is 0 Å². The lowest BCUT2D eigenvalue weighted by molar-refractivity contribution is -0.151. The minimum Gasteiger partial charge on any atom is -0.389 e. The lowest BCUT2D eigenvalue weighted by Crippen LogP contribution is -2.73. The number of hydrogen-bond acceptors (Lipinski definition) is 12. The van der Waals surface area contributed by atoms with Crippen LogP contribution in [0.5, 0.6) is 0 Å². The molecule has 0 saturated carbocycles. The Morgan fingerprint density at radius 3 is 2.35 bits per heavy atom. The maximum atomic E-state index is 16.0. The van der Waals surface area contributed by atoms with E-state index in [9.17, 15) is 29.1 Å². The average molecular weight is 948 g/mol. The molecule has 1 spiro atoms. The van der Waals surface area contributed by atoms with E-state index < -0.39 is 52.7 Å². The number of fused-ring (bicyclic) bond motifs is 2. The van der Waals surface area contributed by atoms with Crippen LogP contribution in [0, 0.1) is 28.8 Å². The van der Waals surface area contributed by atoms with Crippen molar-refractivity contribution in [2.45, 2.75) is 75.5 Å². The Kier molecular flexibility index (Phi) is 10.9. The Balaban J connectivity index is 0.679. The van der Waals surface area contributed by atoms with Gasteiger partial charge in [-0.15, -0.1) is 11.3 Å². The second-order valence-electron chi connectivity index (χ2n) is 19.3. The number of halogens is 3. The van der Waals surface area contributed by atoms with Gasteiger partial charge < -0.3 is 35.0 Å². The van der Waals surface area contributed by atoms with Crippen molar-refractivity contribution in [2.75, 3.05) is 59.7 Å². The number of imide groups is 1. The molecule has 4 saturated heterocycles. The molecule has 0 bridgehead atoms. The number of carbonyl (C=O) groups is 5. The summed E-state index contributed by atoms with van der Waals surface area (Å²) in [6, 6.07) is 12.3. The second-order valence-corrected chi connectivity index (χ2v) is 20.2. The quantitative estimate of drug-likeness (QED) is 0.124. The predicted octanol–water partition coefficient (Wildman–Crippen LogP) is 5.43. The third-order valence-corrected chi connectivity index (χ3v) is 15.5. The van der Waals surface area contributed by atoms with Crippen LogP contribution in [0.25, 0.3) is 11.1 Å². The van der Waals surface area contributed by atoms with Gasteiger partial charge in [0.1, 0.15) is 17.5 Å². The summed E-state index contributed by atoms with van der Waals surface area (Å²) >= 11 is 1.28. The molecule has 1 aliphatic carbocycles. The Labute approximate surface area is 392 Å². The summed E-state index contributed by atoms with van der Waals surface area (Å²) in [6.07, 6.45) is 5.58. The molecule has 5 aliphatic heterocycles. The Hall–Kier alpha value is -6.60. The summed E-state index contributed by atoms with van der Waals surface area (Å²) in [6.45, 7) is 3.64. The van der Waals surface area contributed by atoms with Gasteiger partial charge in [0.05, 0.1) is 30.0 Å². The van der Waals surface area contributed by atoms with Crippen molar-refractivity contribution in [3.8, 4) is 11.1 Å². The van der Waals surface area contributed by atoms with Gasteiger partial charge in [0, 0.05) is 97.8 Å². The first-order chi connectivity index (χ1) is 32.7. The number of nitrogens with one attached hydrogen (secondary N) is 3. The fraction of sp³-hybridized carbons (Fsp3) is 0.408. The van der Waals surface area contributed by atoms with E-state index in [4.69, 9.17) is 0 Å². The normalized spacial score (nSPS) is 21.8. The van der Waals surface area contributed by atoms with E-state index in [1.807, 2.05) is 28.8 Å². The first-order valence-corrected chi connectivity index (χ1v) is 23.9. The maximum Gasteiger partial charge on any atom is 0.249 e. The number of rotatable bonds is 11. The number of nitrogens with zero attached hydrogens (tertiary/aromatic N) is 6. The summed E-state index contributed by atoms with van der Waals surface area (Å²) in [7, 11) is 0. The number of imidazole rings is 1. The van der Waals surface area contributed by atoms with Gasteiger partial charge in [-0.3, -0.25) is 29.3 Å². The van der Waals surface area contributed by atoms with Gasteiger partial charge in [-0.25, -0.2) is 23.1 Å². The number of amides is 4. The van der Waals surface area contributed by atoms with Crippen LogP contribution in [-0.4, -0.2) is 105 Å². The van der Waals surface area contributed by atoms with Crippen LogP contribution in [-0.2, 0) is 38.6 Å². The highest BCUT2D eigenvalue weighted by Crippen LogP contribution is 2.45. The molecule has 4 N–H and O–H groups in total. The van der Waals surface area contributed by atoms with Gasteiger partial charge in [0.15, 0.2) is 22.5 Å². The number of aromatic nitrogens is 3. The highest BCUT2D eigenvalue weighted by Gasteiger charge is 2.54. The highest BCUT2D eigenvalue weighted by atomic mass is 32.1. The fourth-order valence-electron chi connectivity index (χ4n) is 11.2. The lowest BCUT2D eigenvalue weighted by atomic mass is 9.72. The number of Topliss-reactive ketones (excluding diaryl/α,β-unsaturated/α-hetero) is 1. The van der Waals surface area contributed by atoms with Gasteiger partial charge in [0.25, 0.3) is 0 Å². The molecule has 0 radical (unpaired) electrons. The van der Waals surface area contributed by atoms with Crippen LogP contribution < -0.4 is 25.8 Å². The topological polar surface area (TPSA) is 182 Å². The summed E-state index contributed by atoms with van der Waals surface area (Å²) in [4.78, 5) is 79.4. The zero-order valence-corrected chi connectivity index (χ0v) is 37.7. The molecular weight excluding hydrogens is 900 g/mol. The van der Waals surface area contributed by atoms with E-state index in [1.54, 1.807) is 28.9 Å². The van der Waals surface area contributed by atoms with Gasteiger partial charge in [0.2, 0.25) is 23.6 Å². The van der Waals surface area contributed by atoms with E-state index >= 15 is 13.2 Å². The summed E-state index contributed by atoms with van der Waals surface area (Å²) < 4.78 is 48.6. The van der Waals surface area contributed by atoms with Crippen LogP contribution in [0.4, 0.5) is 35.4 Å². The van der Waals surface area contributed by atoms with E-state index in [-0.39, 0.29) is 91.6 Å². The minimum absolute atomic E-state index is 0.0691. The summed E-state index contributed by atoms with van der Waals surface area (Å²) in [5.74, 6) is -5.67. The molecule has 3 aromatic carbocycles. The molecule has 15 nitrogen and oxygen atoms in total. The Bertz CT molecular complexity index is 2850. The molecule has 2 unspecified atom stereocenters. The molecule has 4 fully saturated rings. The smallest absolute Gasteiger partial charge is 0.249 e. The SMILES string of the molecule is O=C1CC[C@H](Nc2cc(F)c(N3CCC(O)(CC(=O)N4CC5(C4)CN(c4ccc(-c6cc(F)c7c(c6)C(=O)C(C(C(=O)Nc6nccs6)c6ncn8c6CCC8)C7)cc4)C5)CC3)c(F)c2)C(=O)N1. The van der Waals surface area contributed by atoms with Crippen LogP contribution in [0.15, 0.2) is 66.4 Å². The molecular formula is C49H48F3N9O6S. The molecule has 2 aromatic heterocycles. The van der Waals surface area contributed by atoms with E-state index in [0.717, 1.165) is 61.6 Å². The largest absolute Gasteiger partial charge is 0.389 e. The zero-order valence-electron chi connectivity index (χ0n) is 36.9. The lowest BCUT2D eigenvalue weighted by Gasteiger charge is -2.61. The number of likely N-dealkylation sites (tertiary alicyclic amines) is 1. The van der Waals surface area contributed by atoms with Crippen LogP contribution in [0.3, 0.4) is 0 Å². The van der Waals surface area contributed by atoms with Crippen LogP contribution in [0.1, 0.15) is 71.8 Å². The Morgan fingerprint density at radius 2 is 1.65 bits per heavy atom. The molecule has 5 aromatic rings. The number of anilines is 4. The minimum atomic E-state index is -1.32. The number of carbonyl (C=O) groups excluding carboxylic acids is 5. The molecule has 7 heterocycles. The van der Waals surface area contributed by atoms with Crippen molar-refractivity contribution in [3.63, 3.8) is 0 Å². The third-order valence-electron chi connectivity index (χ3n) is 14.8. The van der Waals surface area contributed by atoms with Crippen molar-refractivity contribution >= 4 is 62.9 Å². The third kappa shape index (κ3) is 7.97. The number of thiazole rings is 1. The van der Waals surface area contributed by atoms with Crippen LogP contribution in [0.2, 0.25) is 0 Å². The van der Waals surface area contributed by atoms with Crippen molar-refractivity contribution in [3.05, 3.63) is 106 Å². The monoisotopic (exact) mass is 947 g/mol. The number of aliphatic hydroxyl groups is 1. The van der Waals surface area contributed by atoms with Crippen molar-refractivity contribution in [1.29, 1.82) is 0 Å². The van der Waals surface area contributed by atoms with Crippen molar-refractivity contribution in [1.82, 2.24) is 24.8 Å². The first-order valence-electron chi connectivity index (χ1n) is 23.0. The Morgan fingerprint density at radius 1 is 0.897 bits per heavy atom. The van der Waals surface area contributed by atoms with Gasteiger partial charge in [-0.05, 0) is 91.6 Å². The number of piperidine rings is 2. The maximum absolute atomic E-state index is 16.0. The number of benzene rings is 3.